The van der Waals surface area contributed by atoms with Gasteiger partial charge in [0.05, 0.1) is 11.9 Å². The molecule has 0 aliphatic carbocycles. The third-order valence-corrected chi connectivity index (χ3v) is 4.49. The zero-order valence-electron chi connectivity index (χ0n) is 15.5. The largest absolute Gasteiger partial charge is 0.354 e. The van der Waals surface area contributed by atoms with Crippen molar-refractivity contribution in [3.05, 3.63) is 72.5 Å². The van der Waals surface area contributed by atoms with E-state index in [-0.39, 0.29) is 5.57 Å². The summed E-state index contributed by atoms with van der Waals surface area (Å²) >= 11 is 0. The van der Waals surface area contributed by atoms with Crippen molar-refractivity contribution in [2.75, 3.05) is 7.05 Å². The zero-order chi connectivity index (χ0) is 20.2. The van der Waals surface area contributed by atoms with E-state index in [0.29, 0.717) is 0 Å². The van der Waals surface area contributed by atoms with Gasteiger partial charge >= 0.3 is 0 Å². The lowest BCUT2D eigenvalue weighted by Gasteiger charge is -2.05. The van der Waals surface area contributed by atoms with Crippen LogP contribution in [0.2, 0.25) is 0 Å². The second-order valence-corrected chi connectivity index (χ2v) is 6.29. The highest BCUT2D eigenvalue weighted by atomic mass is 16.1. The van der Waals surface area contributed by atoms with Crippen molar-refractivity contribution in [1.29, 1.82) is 5.26 Å². The van der Waals surface area contributed by atoms with Crippen LogP contribution < -0.4 is 5.32 Å². The molecule has 0 fully saturated rings. The van der Waals surface area contributed by atoms with Gasteiger partial charge in [0.25, 0.3) is 5.91 Å². The zero-order valence-corrected chi connectivity index (χ0v) is 15.5. The second kappa shape index (κ2) is 7.74. The monoisotopic (exact) mass is 380 g/mol. The summed E-state index contributed by atoms with van der Waals surface area (Å²) in [7, 11) is 1.50. The van der Waals surface area contributed by atoms with Gasteiger partial charge in [-0.05, 0) is 29.3 Å². The van der Waals surface area contributed by atoms with Crippen molar-refractivity contribution in [2.24, 2.45) is 0 Å². The Morgan fingerprint density at radius 1 is 1.17 bits per heavy atom. The summed E-state index contributed by atoms with van der Waals surface area (Å²) in [6.07, 6.45) is 10.2. The van der Waals surface area contributed by atoms with Gasteiger partial charge in [0.15, 0.2) is 0 Å². The van der Waals surface area contributed by atoms with E-state index in [2.05, 4.69) is 25.3 Å². The second-order valence-electron chi connectivity index (χ2n) is 6.29. The fourth-order valence-corrected chi connectivity index (χ4v) is 3.07. The molecule has 0 bridgehead atoms. The van der Waals surface area contributed by atoms with Crippen LogP contribution in [0.25, 0.3) is 39.5 Å². The number of carbonyl (C=O) groups is 1. The Morgan fingerprint density at radius 3 is 2.83 bits per heavy atom. The van der Waals surface area contributed by atoms with Gasteiger partial charge in [-0.15, -0.1) is 0 Å². The molecule has 7 heteroatoms. The molecule has 140 valence electrons. The van der Waals surface area contributed by atoms with Crippen LogP contribution in [0.5, 0.6) is 0 Å². The highest BCUT2D eigenvalue weighted by Gasteiger charge is 2.11. The number of aromatic amines is 1. The van der Waals surface area contributed by atoms with E-state index < -0.39 is 5.91 Å². The molecule has 0 radical (unpaired) electrons. The number of amides is 1. The molecule has 0 atom stereocenters. The number of pyridine rings is 1. The summed E-state index contributed by atoms with van der Waals surface area (Å²) in [4.78, 5) is 27.9. The number of H-pyrrole nitrogens is 1. The summed E-state index contributed by atoms with van der Waals surface area (Å²) in [5, 5.41) is 12.6. The molecule has 7 nitrogen and oxygen atoms in total. The molecule has 0 saturated heterocycles. The number of carbonyl (C=O) groups excluding carboxylic acids is 1. The van der Waals surface area contributed by atoms with E-state index in [0.717, 1.165) is 39.0 Å². The van der Waals surface area contributed by atoms with E-state index in [1.165, 1.54) is 7.05 Å². The van der Waals surface area contributed by atoms with Gasteiger partial charge in [0.1, 0.15) is 17.3 Å². The number of likely N-dealkylation sites (N-methyl/N-ethyl adjacent to an activating group) is 1. The number of rotatable bonds is 4. The smallest absolute Gasteiger partial charge is 0.261 e. The van der Waals surface area contributed by atoms with Crippen LogP contribution in [0.4, 0.5) is 0 Å². The first-order valence-electron chi connectivity index (χ1n) is 8.87. The number of nitrogens with zero attached hydrogens (tertiary/aromatic N) is 4. The number of aromatic nitrogens is 4. The minimum Gasteiger partial charge on any atom is -0.354 e. The molecule has 0 unspecified atom stereocenters. The van der Waals surface area contributed by atoms with Crippen molar-refractivity contribution in [1.82, 2.24) is 25.3 Å². The number of nitrogens with one attached hydrogen (secondary N) is 2. The molecule has 0 spiro atoms. The summed E-state index contributed by atoms with van der Waals surface area (Å²) in [5.74, 6) is -0.415. The third kappa shape index (κ3) is 3.59. The summed E-state index contributed by atoms with van der Waals surface area (Å²) < 4.78 is 0. The maximum absolute atomic E-state index is 11.8. The Hall–Kier alpha value is -4.31. The quantitative estimate of drug-likeness (QED) is 0.417. The molecule has 3 heterocycles. The molecular weight excluding hydrogens is 364 g/mol. The first-order valence-corrected chi connectivity index (χ1v) is 8.87. The number of hydrogen-bond donors (Lipinski definition) is 2. The van der Waals surface area contributed by atoms with E-state index in [1.807, 2.05) is 42.6 Å². The molecule has 3 aromatic heterocycles. The number of fused-ring (bicyclic) bond motifs is 1. The SMILES string of the molecule is CNC(=O)/C(C#N)=C/c1cccc(-c2cnc3[nH]cc(-c4cnccn4)c3c2)c1. The van der Waals surface area contributed by atoms with Gasteiger partial charge in [0.2, 0.25) is 0 Å². The van der Waals surface area contributed by atoms with Crippen molar-refractivity contribution in [3.63, 3.8) is 0 Å². The molecule has 0 saturated carbocycles. The minimum absolute atomic E-state index is 0.0498. The van der Waals surface area contributed by atoms with E-state index in [9.17, 15) is 10.1 Å². The molecule has 4 rings (SSSR count). The maximum Gasteiger partial charge on any atom is 0.261 e. The number of hydrogen-bond acceptors (Lipinski definition) is 5. The highest BCUT2D eigenvalue weighted by molar-refractivity contribution is 6.01. The maximum atomic E-state index is 11.8. The highest BCUT2D eigenvalue weighted by Crippen LogP contribution is 2.30. The molecule has 1 aromatic carbocycles. The molecular formula is C22H16N6O. The summed E-state index contributed by atoms with van der Waals surface area (Å²) in [6, 6.07) is 11.6. The van der Waals surface area contributed by atoms with Crippen molar-refractivity contribution >= 4 is 23.0 Å². The molecule has 2 N–H and O–H groups in total. The van der Waals surface area contributed by atoms with E-state index in [4.69, 9.17) is 0 Å². The normalized spacial score (nSPS) is 11.2. The van der Waals surface area contributed by atoms with Gasteiger partial charge in [-0.25, -0.2) is 4.98 Å². The number of benzene rings is 1. The van der Waals surface area contributed by atoms with Crippen LogP contribution in [0.1, 0.15) is 5.56 Å². The average molecular weight is 380 g/mol. The van der Waals surface area contributed by atoms with Gasteiger partial charge in [0, 0.05) is 48.3 Å². The predicted molar refractivity (Wildman–Crippen MR) is 110 cm³/mol. The van der Waals surface area contributed by atoms with Crippen LogP contribution in [0.3, 0.4) is 0 Å². The molecule has 0 aliphatic heterocycles. The minimum atomic E-state index is -0.415. The molecule has 29 heavy (non-hydrogen) atoms. The standard InChI is InChI=1S/C22H16N6O/c1-24-22(29)16(10-23)8-14-3-2-4-15(7-14)17-9-18-19(12-28-21(18)27-11-17)20-13-25-5-6-26-20/h2-9,11-13H,1H3,(H,24,29)(H,27,28)/b16-8+. The first kappa shape index (κ1) is 18.1. The van der Waals surface area contributed by atoms with Crippen molar-refractivity contribution < 1.29 is 4.79 Å². The third-order valence-electron chi connectivity index (χ3n) is 4.49. The molecule has 1 amide bonds. The van der Waals surface area contributed by atoms with Crippen LogP contribution in [0.15, 0.2) is 66.9 Å². The van der Waals surface area contributed by atoms with E-state index >= 15 is 0 Å². The summed E-state index contributed by atoms with van der Waals surface area (Å²) in [5.41, 5.74) is 5.09. The lowest BCUT2D eigenvalue weighted by molar-refractivity contribution is -0.116. The first-order chi connectivity index (χ1) is 14.2. The lowest BCUT2D eigenvalue weighted by atomic mass is 10.0. The Balaban J connectivity index is 1.77. The van der Waals surface area contributed by atoms with Gasteiger partial charge in [-0.1, -0.05) is 18.2 Å². The predicted octanol–water partition coefficient (Wildman–Crippen LogP) is 3.34. The van der Waals surface area contributed by atoms with Gasteiger partial charge in [-0.2, -0.15) is 5.26 Å². The van der Waals surface area contributed by atoms with Crippen LogP contribution in [-0.2, 0) is 4.79 Å². The van der Waals surface area contributed by atoms with Gasteiger partial charge < -0.3 is 10.3 Å². The topological polar surface area (TPSA) is 107 Å². The number of nitriles is 1. The average Bonchev–Trinajstić information content (AvgIpc) is 3.21. The fourth-order valence-electron chi connectivity index (χ4n) is 3.07. The Labute approximate surface area is 166 Å². The molecule has 4 aromatic rings. The van der Waals surface area contributed by atoms with E-state index in [1.54, 1.807) is 30.9 Å². The Morgan fingerprint density at radius 2 is 2.07 bits per heavy atom. The summed E-state index contributed by atoms with van der Waals surface area (Å²) in [6.45, 7) is 0. The Bertz CT molecular complexity index is 1270. The van der Waals surface area contributed by atoms with Crippen molar-refractivity contribution in [3.8, 4) is 28.5 Å². The van der Waals surface area contributed by atoms with Crippen LogP contribution in [0, 0.1) is 11.3 Å². The van der Waals surface area contributed by atoms with Crippen LogP contribution in [-0.4, -0.2) is 32.9 Å². The van der Waals surface area contributed by atoms with Crippen molar-refractivity contribution in [2.45, 2.75) is 0 Å². The van der Waals surface area contributed by atoms with Crippen LogP contribution >= 0.6 is 0 Å². The molecule has 0 aliphatic rings. The van der Waals surface area contributed by atoms with Gasteiger partial charge in [-0.3, -0.25) is 14.8 Å². The Kier molecular flexibility index (Phi) is 4.82. The fraction of sp³-hybridized carbons (Fsp3) is 0.0455. The lowest BCUT2D eigenvalue weighted by Crippen LogP contribution is -2.19.